The average molecular weight is 621 g/mol. The first-order valence-corrected chi connectivity index (χ1v) is 16.8. The van der Waals surface area contributed by atoms with Crippen LogP contribution in [0, 0.1) is 44.8 Å². The number of hydrogen-bond donors (Lipinski definition) is 5. The van der Waals surface area contributed by atoms with Gasteiger partial charge in [0.05, 0.1) is 24.2 Å². The molecule has 5 rings (SSSR count). The maximum Gasteiger partial charge on any atom is 0.313 e. The zero-order valence-electron chi connectivity index (χ0n) is 27.7. The summed E-state index contributed by atoms with van der Waals surface area (Å²) >= 11 is 0. The Bertz CT molecular complexity index is 1170. The van der Waals surface area contributed by atoms with Crippen molar-refractivity contribution in [1.29, 1.82) is 0 Å². The molecule has 0 amide bonds. The molecule has 0 bridgehead atoms. The van der Waals surface area contributed by atoms with Gasteiger partial charge in [-0.15, -0.1) is 0 Å². The molecule has 9 nitrogen and oxygen atoms in total. The summed E-state index contributed by atoms with van der Waals surface area (Å²) in [6.45, 7) is 14.8. The van der Waals surface area contributed by atoms with Crippen LogP contribution in [0.5, 0.6) is 0 Å². The molecule has 4 fully saturated rings. The van der Waals surface area contributed by atoms with E-state index >= 15 is 0 Å². The summed E-state index contributed by atoms with van der Waals surface area (Å²) in [7, 11) is 0. The second kappa shape index (κ2) is 11.4. The molecular formula is C35H56O9. The Labute approximate surface area is 262 Å². The monoisotopic (exact) mass is 620 g/mol. The Morgan fingerprint density at radius 2 is 1.66 bits per heavy atom. The lowest BCUT2D eigenvalue weighted by molar-refractivity contribution is -0.309. The summed E-state index contributed by atoms with van der Waals surface area (Å²) in [4.78, 5) is 24.7. The van der Waals surface area contributed by atoms with Crippen molar-refractivity contribution in [2.24, 2.45) is 44.8 Å². The van der Waals surface area contributed by atoms with Crippen molar-refractivity contribution in [3.63, 3.8) is 0 Å². The third kappa shape index (κ3) is 5.03. The van der Waals surface area contributed by atoms with Crippen molar-refractivity contribution >= 4 is 11.8 Å². The van der Waals surface area contributed by atoms with Crippen LogP contribution in [0.1, 0.15) is 106 Å². The zero-order valence-corrected chi connectivity index (χ0v) is 27.7. The van der Waals surface area contributed by atoms with Gasteiger partial charge in [-0.2, -0.15) is 0 Å². The minimum absolute atomic E-state index is 0.0683. The fraction of sp³-hybridized carbons (Fsp3) is 0.886. The molecule has 250 valence electrons. The van der Waals surface area contributed by atoms with Gasteiger partial charge in [0.25, 0.3) is 0 Å². The lowest BCUT2D eigenvalue weighted by Gasteiger charge is -2.71. The highest BCUT2D eigenvalue weighted by Gasteiger charge is 2.68. The Morgan fingerprint density at radius 3 is 2.30 bits per heavy atom. The molecule has 5 aliphatic rings. The van der Waals surface area contributed by atoms with Crippen LogP contribution < -0.4 is 0 Å². The van der Waals surface area contributed by atoms with E-state index in [1.54, 1.807) is 6.92 Å². The zero-order chi connectivity index (χ0) is 32.6. The van der Waals surface area contributed by atoms with Crippen LogP contribution in [-0.4, -0.2) is 80.7 Å². The number of carboxylic acid groups (broad SMARTS) is 1. The van der Waals surface area contributed by atoms with E-state index < -0.39 is 42.1 Å². The molecule has 3 saturated carbocycles. The molecule has 9 heteroatoms. The molecule has 13 atom stereocenters. The topological polar surface area (TPSA) is 154 Å². The fourth-order valence-electron chi connectivity index (χ4n) is 10.7. The number of carbonyl (C=O) groups is 2. The van der Waals surface area contributed by atoms with Gasteiger partial charge in [-0.05, 0) is 104 Å². The van der Waals surface area contributed by atoms with Crippen LogP contribution in [0.25, 0.3) is 0 Å². The van der Waals surface area contributed by atoms with Crippen LogP contribution in [0.2, 0.25) is 0 Å². The number of rotatable bonds is 7. The molecule has 0 aromatic rings. The van der Waals surface area contributed by atoms with Crippen LogP contribution in [-0.2, 0) is 19.1 Å². The van der Waals surface area contributed by atoms with Crippen LogP contribution in [0.15, 0.2) is 11.6 Å². The van der Waals surface area contributed by atoms with Gasteiger partial charge in [-0.25, -0.2) is 0 Å². The summed E-state index contributed by atoms with van der Waals surface area (Å²) in [5, 5.41) is 53.0. The molecule has 5 N–H and O–H groups in total. The molecule has 44 heavy (non-hydrogen) atoms. The molecule has 0 spiro atoms. The fourth-order valence-corrected chi connectivity index (χ4v) is 10.7. The third-order valence-electron chi connectivity index (χ3n) is 14.1. The first-order chi connectivity index (χ1) is 20.3. The average Bonchev–Trinajstić information content (AvgIpc) is 2.95. The Balaban J connectivity index is 1.42. The number of aliphatic hydroxyl groups is 4. The largest absolute Gasteiger partial charge is 0.481 e. The molecule has 0 radical (unpaired) electrons. The van der Waals surface area contributed by atoms with E-state index in [4.69, 9.17) is 9.47 Å². The number of Topliss-reactive ketones (excluding diaryl/α,β-unsaturated/α-hetero) is 1. The van der Waals surface area contributed by atoms with E-state index in [1.807, 2.05) is 13.0 Å². The predicted molar refractivity (Wildman–Crippen MR) is 163 cm³/mol. The van der Waals surface area contributed by atoms with Crippen molar-refractivity contribution in [3.05, 3.63) is 11.6 Å². The van der Waals surface area contributed by atoms with Gasteiger partial charge < -0.3 is 35.0 Å². The van der Waals surface area contributed by atoms with Gasteiger partial charge >= 0.3 is 5.97 Å². The minimum atomic E-state index is -1.33. The van der Waals surface area contributed by atoms with Crippen LogP contribution in [0.4, 0.5) is 0 Å². The first kappa shape index (κ1) is 34.0. The van der Waals surface area contributed by atoms with Gasteiger partial charge in [0.2, 0.25) is 0 Å². The van der Waals surface area contributed by atoms with Crippen molar-refractivity contribution in [2.75, 3.05) is 6.61 Å². The van der Waals surface area contributed by atoms with Gasteiger partial charge in [-0.1, -0.05) is 47.6 Å². The highest BCUT2D eigenvalue weighted by molar-refractivity contribution is 5.79. The molecule has 0 unspecified atom stereocenters. The highest BCUT2D eigenvalue weighted by atomic mass is 16.7. The van der Waals surface area contributed by atoms with Gasteiger partial charge in [0.15, 0.2) is 6.29 Å². The van der Waals surface area contributed by atoms with Gasteiger partial charge in [-0.3, -0.25) is 9.59 Å². The summed E-state index contributed by atoms with van der Waals surface area (Å²) < 4.78 is 12.0. The summed E-state index contributed by atoms with van der Waals surface area (Å²) in [6.07, 6.45) is 2.36. The Hall–Kier alpha value is -1.36. The molecule has 0 aromatic heterocycles. The summed E-state index contributed by atoms with van der Waals surface area (Å²) in [5.41, 5.74) is -1.04. The number of hydrogen-bond acceptors (Lipinski definition) is 8. The lowest BCUT2D eigenvalue weighted by Crippen LogP contribution is -2.66. The van der Waals surface area contributed by atoms with Crippen LogP contribution >= 0.6 is 0 Å². The first-order valence-electron chi connectivity index (χ1n) is 16.8. The van der Waals surface area contributed by atoms with Crippen molar-refractivity contribution in [3.8, 4) is 0 Å². The maximum atomic E-state index is 12.8. The Morgan fingerprint density at radius 1 is 0.977 bits per heavy atom. The van der Waals surface area contributed by atoms with Crippen LogP contribution in [0.3, 0.4) is 0 Å². The normalized spacial score (nSPS) is 49.1. The molecule has 1 saturated heterocycles. The van der Waals surface area contributed by atoms with E-state index in [2.05, 4.69) is 34.6 Å². The number of fused-ring (bicyclic) bond motifs is 5. The second-order valence-corrected chi connectivity index (χ2v) is 16.5. The van der Waals surface area contributed by atoms with Gasteiger partial charge in [0.1, 0.15) is 24.1 Å². The van der Waals surface area contributed by atoms with E-state index in [9.17, 15) is 35.1 Å². The molecular weight excluding hydrogens is 564 g/mol. The smallest absolute Gasteiger partial charge is 0.313 e. The minimum Gasteiger partial charge on any atom is -0.481 e. The molecule has 0 aromatic carbocycles. The number of carboxylic acids is 1. The third-order valence-corrected chi connectivity index (χ3v) is 14.1. The summed E-state index contributed by atoms with van der Waals surface area (Å²) in [6, 6.07) is 0. The lowest BCUT2D eigenvalue weighted by atomic mass is 9.34. The standard InChI is InChI=1S/C35H56O9/c1-19(20(2)36)8-13-35(30(41)42)15-14-33(6)21(17-35)22(37)16-25-32(5)11-10-26(31(3,4)24(32)9-12-34(25,33)7)44-29-28(40)27(39)23(38)18-43-29/h17,19,22-29,37-40H,8-16,18H2,1-7H3,(H,41,42)/t19-,22-,23+,24-,25-,26+,27+,28-,29-,32+,33-,34-,35+/m1/s1. The molecule has 1 aliphatic heterocycles. The highest BCUT2D eigenvalue weighted by Crippen LogP contribution is 2.74. The van der Waals surface area contributed by atoms with E-state index in [0.29, 0.717) is 32.1 Å². The van der Waals surface area contributed by atoms with Crippen molar-refractivity contribution < 1.29 is 44.6 Å². The SMILES string of the molecule is CC(=O)[C@H](C)CC[C@@]1(C(=O)O)C=C2[C@H](O)C[C@@H]3[C@@]4(C)CC[C@H](O[C@H]5OC[C@H](O)[C@H](O)[C@H]5O)C(C)(C)[C@H]4CC[C@@]3(C)[C@]2(C)CC1. The molecule has 4 aliphatic carbocycles. The van der Waals surface area contributed by atoms with E-state index in [1.165, 1.54) is 0 Å². The number of ketones is 1. The van der Waals surface area contributed by atoms with E-state index in [-0.39, 0.29) is 57.9 Å². The van der Waals surface area contributed by atoms with Crippen molar-refractivity contribution in [1.82, 2.24) is 0 Å². The molecule has 1 heterocycles. The second-order valence-electron chi connectivity index (χ2n) is 16.5. The number of carbonyl (C=O) groups excluding carboxylic acids is 1. The Kier molecular flexibility index (Phi) is 8.81. The number of aliphatic carboxylic acids is 1. The summed E-state index contributed by atoms with van der Waals surface area (Å²) in [5.74, 6) is -0.502. The maximum absolute atomic E-state index is 12.8. The number of ether oxygens (including phenoxy) is 2. The van der Waals surface area contributed by atoms with Gasteiger partial charge in [0, 0.05) is 5.92 Å². The quantitative estimate of drug-likeness (QED) is 0.208. The number of aliphatic hydroxyl groups excluding tert-OH is 4. The van der Waals surface area contributed by atoms with Crippen molar-refractivity contribution in [2.45, 2.75) is 143 Å². The predicted octanol–water partition coefficient (Wildman–Crippen LogP) is 4.24. The van der Waals surface area contributed by atoms with E-state index in [0.717, 1.165) is 31.3 Å².